The third-order valence-electron chi connectivity index (χ3n) is 4.03. The summed E-state index contributed by atoms with van der Waals surface area (Å²) < 4.78 is 0. The minimum Gasteiger partial charge on any atom is -0.377 e. The molecule has 26 heavy (non-hydrogen) atoms. The first-order valence-electron chi connectivity index (χ1n) is 8.94. The number of benzene rings is 2. The van der Waals surface area contributed by atoms with E-state index in [2.05, 4.69) is 10.6 Å². The first kappa shape index (κ1) is 19.5. The highest BCUT2D eigenvalue weighted by molar-refractivity contribution is 6.02. The lowest BCUT2D eigenvalue weighted by Gasteiger charge is -2.18. The average Bonchev–Trinajstić information content (AvgIpc) is 2.65. The van der Waals surface area contributed by atoms with Crippen LogP contribution in [0.15, 0.2) is 48.5 Å². The third kappa shape index (κ3) is 5.62. The van der Waals surface area contributed by atoms with Crippen LogP contribution in [0.1, 0.15) is 35.7 Å². The Kier molecular flexibility index (Phi) is 7.21. The van der Waals surface area contributed by atoms with Crippen LogP contribution in [0.2, 0.25) is 0 Å². The quantitative estimate of drug-likeness (QED) is 0.764. The highest BCUT2D eigenvalue weighted by Crippen LogP contribution is 2.23. The Bertz CT molecular complexity index is 742. The van der Waals surface area contributed by atoms with E-state index in [-0.39, 0.29) is 11.8 Å². The van der Waals surface area contributed by atoms with Crippen LogP contribution in [-0.2, 0) is 11.2 Å². The topological polar surface area (TPSA) is 61.4 Å². The molecule has 0 bridgehead atoms. The number of hydrogen-bond acceptors (Lipinski definition) is 3. The van der Waals surface area contributed by atoms with Crippen molar-refractivity contribution in [3.05, 3.63) is 59.7 Å². The smallest absolute Gasteiger partial charge is 0.253 e. The van der Waals surface area contributed by atoms with Crippen molar-refractivity contribution in [3.63, 3.8) is 0 Å². The van der Waals surface area contributed by atoms with Crippen LogP contribution in [0.3, 0.4) is 0 Å². The van der Waals surface area contributed by atoms with Crippen LogP contribution in [0, 0.1) is 0 Å². The molecule has 0 heterocycles. The molecule has 0 aliphatic heterocycles. The number of nitrogens with zero attached hydrogens (tertiary/aromatic N) is 1. The van der Waals surface area contributed by atoms with Crippen molar-refractivity contribution >= 4 is 23.2 Å². The number of rotatable bonds is 8. The molecule has 0 aliphatic rings. The van der Waals surface area contributed by atoms with E-state index >= 15 is 0 Å². The largest absolute Gasteiger partial charge is 0.377 e. The molecule has 2 rings (SSSR count). The third-order valence-corrected chi connectivity index (χ3v) is 4.03. The van der Waals surface area contributed by atoms with Crippen molar-refractivity contribution in [2.24, 2.45) is 0 Å². The van der Waals surface area contributed by atoms with E-state index in [1.54, 1.807) is 6.07 Å². The summed E-state index contributed by atoms with van der Waals surface area (Å²) in [6.45, 7) is 2.63. The minimum atomic E-state index is -0.129. The highest BCUT2D eigenvalue weighted by atomic mass is 16.2. The highest BCUT2D eigenvalue weighted by Gasteiger charge is 2.14. The fourth-order valence-corrected chi connectivity index (χ4v) is 2.65. The standard InChI is InChI=1S/C21H27N3O2/c1-4-14-22-21(26)18-15-17(11-12-19(18)24(2)3)23-20(25)13-10-16-8-6-5-7-9-16/h5-9,11-12,15H,4,10,13-14H2,1-3H3,(H,22,26)(H,23,25). The van der Waals surface area contributed by atoms with Crippen molar-refractivity contribution in [2.45, 2.75) is 26.2 Å². The summed E-state index contributed by atoms with van der Waals surface area (Å²) in [4.78, 5) is 26.6. The Balaban J connectivity index is 2.06. The predicted molar refractivity (Wildman–Crippen MR) is 107 cm³/mol. The van der Waals surface area contributed by atoms with Gasteiger partial charge in [0.1, 0.15) is 0 Å². The van der Waals surface area contributed by atoms with Gasteiger partial charge in [-0.15, -0.1) is 0 Å². The van der Waals surface area contributed by atoms with Crippen molar-refractivity contribution in [2.75, 3.05) is 30.9 Å². The lowest BCUT2D eigenvalue weighted by molar-refractivity contribution is -0.116. The van der Waals surface area contributed by atoms with Gasteiger partial charge in [-0.05, 0) is 36.6 Å². The molecule has 0 spiro atoms. The zero-order valence-electron chi connectivity index (χ0n) is 15.7. The Labute approximate surface area is 155 Å². The monoisotopic (exact) mass is 353 g/mol. The van der Waals surface area contributed by atoms with Gasteiger partial charge in [-0.3, -0.25) is 9.59 Å². The predicted octanol–water partition coefficient (Wildman–Crippen LogP) is 3.46. The van der Waals surface area contributed by atoms with Crippen LogP contribution in [-0.4, -0.2) is 32.5 Å². The van der Waals surface area contributed by atoms with Crippen molar-refractivity contribution in [1.82, 2.24) is 5.32 Å². The second-order valence-electron chi connectivity index (χ2n) is 6.42. The van der Waals surface area contributed by atoms with E-state index in [4.69, 9.17) is 0 Å². The maximum absolute atomic E-state index is 12.4. The Morgan fingerprint density at radius 2 is 1.77 bits per heavy atom. The number of nitrogens with one attached hydrogen (secondary N) is 2. The van der Waals surface area contributed by atoms with Gasteiger partial charge in [0.05, 0.1) is 5.56 Å². The summed E-state index contributed by atoms with van der Waals surface area (Å²) >= 11 is 0. The molecule has 0 aromatic heterocycles. The van der Waals surface area contributed by atoms with Crippen LogP contribution in [0.25, 0.3) is 0 Å². The van der Waals surface area contributed by atoms with Gasteiger partial charge in [-0.25, -0.2) is 0 Å². The van der Waals surface area contributed by atoms with Gasteiger partial charge in [0.2, 0.25) is 5.91 Å². The molecule has 2 aromatic rings. The summed E-state index contributed by atoms with van der Waals surface area (Å²) in [6, 6.07) is 15.3. The normalized spacial score (nSPS) is 10.3. The molecule has 0 fully saturated rings. The maximum Gasteiger partial charge on any atom is 0.253 e. The number of carbonyl (C=O) groups excluding carboxylic acids is 2. The fourth-order valence-electron chi connectivity index (χ4n) is 2.65. The fraction of sp³-hybridized carbons (Fsp3) is 0.333. The van der Waals surface area contributed by atoms with Gasteiger partial charge >= 0.3 is 0 Å². The molecular weight excluding hydrogens is 326 g/mol. The molecule has 138 valence electrons. The zero-order valence-corrected chi connectivity index (χ0v) is 15.7. The summed E-state index contributed by atoms with van der Waals surface area (Å²) in [7, 11) is 3.79. The molecule has 0 atom stereocenters. The van der Waals surface area contributed by atoms with E-state index in [0.717, 1.165) is 17.7 Å². The van der Waals surface area contributed by atoms with Crippen molar-refractivity contribution in [3.8, 4) is 0 Å². The van der Waals surface area contributed by atoms with Gasteiger partial charge < -0.3 is 15.5 Å². The SMILES string of the molecule is CCCNC(=O)c1cc(NC(=O)CCc2ccccc2)ccc1N(C)C. The average molecular weight is 353 g/mol. The molecule has 0 saturated heterocycles. The van der Waals surface area contributed by atoms with E-state index in [1.807, 2.05) is 68.4 Å². The molecular formula is C21H27N3O2. The molecule has 0 radical (unpaired) electrons. The molecule has 0 aliphatic carbocycles. The summed E-state index contributed by atoms with van der Waals surface area (Å²) in [5.41, 5.74) is 3.14. The first-order valence-corrected chi connectivity index (χ1v) is 8.94. The Morgan fingerprint density at radius 3 is 2.42 bits per heavy atom. The van der Waals surface area contributed by atoms with Crippen LogP contribution >= 0.6 is 0 Å². The molecule has 0 unspecified atom stereocenters. The number of carbonyl (C=O) groups is 2. The lowest BCUT2D eigenvalue weighted by atomic mass is 10.1. The summed E-state index contributed by atoms with van der Waals surface area (Å²) in [6.07, 6.45) is 1.96. The number of aryl methyl sites for hydroxylation is 1. The van der Waals surface area contributed by atoms with E-state index in [0.29, 0.717) is 30.6 Å². The van der Waals surface area contributed by atoms with Gasteiger partial charge in [0.25, 0.3) is 5.91 Å². The minimum absolute atomic E-state index is 0.0635. The first-order chi connectivity index (χ1) is 12.5. The van der Waals surface area contributed by atoms with Gasteiger partial charge in [-0.1, -0.05) is 37.3 Å². The summed E-state index contributed by atoms with van der Waals surface area (Å²) in [5, 5.41) is 5.79. The molecule has 2 aromatic carbocycles. The van der Waals surface area contributed by atoms with E-state index in [1.165, 1.54) is 0 Å². The Morgan fingerprint density at radius 1 is 1.04 bits per heavy atom. The summed E-state index contributed by atoms with van der Waals surface area (Å²) in [5.74, 6) is -0.192. The van der Waals surface area contributed by atoms with Crippen molar-refractivity contribution < 1.29 is 9.59 Å². The molecule has 5 nitrogen and oxygen atoms in total. The van der Waals surface area contributed by atoms with Gasteiger partial charge in [0.15, 0.2) is 0 Å². The van der Waals surface area contributed by atoms with Crippen molar-refractivity contribution in [1.29, 1.82) is 0 Å². The van der Waals surface area contributed by atoms with Gasteiger partial charge in [-0.2, -0.15) is 0 Å². The Hall–Kier alpha value is -2.82. The van der Waals surface area contributed by atoms with E-state index in [9.17, 15) is 9.59 Å². The molecule has 5 heteroatoms. The van der Waals surface area contributed by atoms with Gasteiger partial charge in [0, 0.05) is 38.4 Å². The van der Waals surface area contributed by atoms with Crippen LogP contribution in [0.5, 0.6) is 0 Å². The second-order valence-corrected chi connectivity index (χ2v) is 6.42. The maximum atomic E-state index is 12.4. The molecule has 2 amide bonds. The van der Waals surface area contributed by atoms with Crippen LogP contribution in [0.4, 0.5) is 11.4 Å². The molecule has 0 saturated carbocycles. The van der Waals surface area contributed by atoms with E-state index < -0.39 is 0 Å². The molecule has 2 N–H and O–H groups in total. The second kappa shape index (κ2) is 9.61. The number of amides is 2. The zero-order chi connectivity index (χ0) is 18.9. The van der Waals surface area contributed by atoms with Crippen LogP contribution < -0.4 is 15.5 Å². The number of anilines is 2. The number of hydrogen-bond donors (Lipinski definition) is 2. The lowest BCUT2D eigenvalue weighted by Crippen LogP contribution is -2.26.